The minimum Gasteiger partial charge on any atom is -0.376 e. The van der Waals surface area contributed by atoms with Gasteiger partial charge in [-0.15, -0.1) is 0 Å². The molecule has 3 aromatic rings. The van der Waals surface area contributed by atoms with Gasteiger partial charge in [-0.1, -0.05) is 61.1 Å². The highest BCUT2D eigenvalue weighted by Gasteiger charge is 2.28. The van der Waals surface area contributed by atoms with Crippen LogP contribution in [0.2, 0.25) is 5.02 Å². The Labute approximate surface area is 174 Å². The molecule has 28 heavy (non-hydrogen) atoms. The number of carbonyl (C=O) groups excluding carboxylic acids is 1. The Bertz CT molecular complexity index is 995. The third-order valence-electron chi connectivity index (χ3n) is 5.05. The number of para-hydroxylation sites is 1. The summed E-state index contributed by atoms with van der Waals surface area (Å²) in [6.07, 6.45) is 2.01. The topological polar surface area (TPSA) is 42.4 Å². The first kappa shape index (κ1) is 19.4. The number of halogens is 1. The van der Waals surface area contributed by atoms with E-state index in [4.69, 9.17) is 21.3 Å². The molecule has 4 nitrogen and oxygen atoms in total. The van der Waals surface area contributed by atoms with E-state index in [0.29, 0.717) is 28.2 Å². The number of hydrogen-bond donors (Lipinski definition) is 0. The molecule has 1 aliphatic rings. The summed E-state index contributed by atoms with van der Waals surface area (Å²) in [6.45, 7) is 5.55. The molecule has 1 aromatic heterocycles. The first-order valence-corrected chi connectivity index (χ1v) is 10.8. The number of ether oxygens (including phenoxy) is 1. The van der Waals surface area contributed by atoms with Crippen molar-refractivity contribution in [2.45, 2.75) is 38.7 Å². The van der Waals surface area contributed by atoms with Crippen molar-refractivity contribution in [1.29, 1.82) is 0 Å². The number of anilines is 1. The lowest BCUT2D eigenvalue weighted by atomic mass is 10.0. The van der Waals surface area contributed by atoms with Crippen molar-refractivity contribution in [2.75, 3.05) is 18.1 Å². The summed E-state index contributed by atoms with van der Waals surface area (Å²) in [5.74, 6) is 0.232. The monoisotopic (exact) mass is 414 g/mol. The Kier molecular flexibility index (Phi) is 5.67. The zero-order valence-electron chi connectivity index (χ0n) is 16.0. The van der Waals surface area contributed by atoms with Crippen LogP contribution in [0.3, 0.4) is 0 Å². The molecule has 1 saturated heterocycles. The van der Waals surface area contributed by atoms with Crippen molar-refractivity contribution in [3.63, 3.8) is 0 Å². The number of carbonyl (C=O) groups is 1. The lowest BCUT2D eigenvalue weighted by Crippen LogP contribution is -2.37. The predicted octanol–water partition coefficient (Wildman–Crippen LogP) is 5.90. The van der Waals surface area contributed by atoms with E-state index < -0.39 is 0 Å². The van der Waals surface area contributed by atoms with Crippen molar-refractivity contribution in [1.82, 2.24) is 4.98 Å². The predicted molar refractivity (Wildman–Crippen MR) is 116 cm³/mol. The number of rotatable bonds is 5. The van der Waals surface area contributed by atoms with Crippen molar-refractivity contribution in [3.05, 3.63) is 58.6 Å². The second-order valence-corrected chi connectivity index (χ2v) is 8.79. The van der Waals surface area contributed by atoms with Gasteiger partial charge in [-0.05, 0) is 42.5 Å². The van der Waals surface area contributed by atoms with Crippen molar-refractivity contribution >= 4 is 44.2 Å². The standard InChI is InChI=1S/C22H23ClN2O2S/c1-14(2)16-9-5-11-19-20(16)24-22(28-19)25(13-15-7-6-12-27-15)21(26)17-8-3-4-10-18(17)23/h3-5,8-11,14-15H,6-7,12-13H2,1-2H3. The molecule has 4 rings (SSSR count). The van der Waals surface area contributed by atoms with Gasteiger partial charge in [0, 0.05) is 6.61 Å². The van der Waals surface area contributed by atoms with E-state index in [1.807, 2.05) is 12.1 Å². The summed E-state index contributed by atoms with van der Waals surface area (Å²) in [5.41, 5.74) is 2.66. The van der Waals surface area contributed by atoms with Gasteiger partial charge >= 0.3 is 0 Å². The van der Waals surface area contributed by atoms with E-state index in [1.54, 1.807) is 28.4 Å². The first-order valence-electron chi connectivity index (χ1n) is 9.62. The highest BCUT2D eigenvalue weighted by Crippen LogP contribution is 2.35. The van der Waals surface area contributed by atoms with Crippen LogP contribution in [0.1, 0.15) is 48.5 Å². The van der Waals surface area contributed by atoms with Crippen molar-refractivity contribution in [3.8, 4) is 0 Å². The molecule has 146 valence electrons. The number of aromatic nitrogens is 1. The fourth-order valence-corrected chi connectivity index (χ4v) is 4.78. The van der Waals surface area contributed by atoms with Gasteiger partial charge in [0.05, 0.1) is 33.5 Å². The van der Waals surface area contributed by atoms with E-state index in [0.717, 1.165) is 29.7 Å². The van der Waals surface area contributed by atoms with Gasteiger partial charge in [0.25, 0.3) is 5.91 Å². The average molecular weight is 415 g/mol. The molecule has 1 amide bonds. The smallest absolute Gasteiger partial charge is 0.261 e. The number of amides is 1. The molecule has 0 aliphatic carbocycles. The molecule has 0 bridgehead atoms. The third-order valence-corrected chi connectivity index (χ3v) is 6.42. The second-order valence-electron chi connectivity index (χ2n) is 7.38. The van der Waals surface area contributed by atoms with Gasteiger partial charge in [-0.2, -0.15) is 0 Å². The highest BCUT2D eigenvalue weighted by molar-refractivity contribution is 7.22. The molecule has 0 saturated carbocycles. The third kappa shape index (κ3) is 3.79. The van der Waals surface area contributed by atoms with Crippen LogP contribution in [-0.2, 0) is 4.74 Å². The molecule has 6 heteroatoms. The molecule has 2 heterocycles. The molecule has 1 unspecified atom stereocenters. The van der Waals surface area contributed by atoms with Crippen LogP contribution in [0.15, 0.2) is 42.5 Å². The Morgan fingerprint density at radius 1 is 1.29 bits per heavy atom. The number of hydrogen-bond acceptors (Lipinski definition) is 4. The highest BCUT2D eigenvalue weighted by atomic mass is 35.5. The van der Waals surface area contributed by atoms with Crippen LogP contribution in [0.5, 0.6) is 0 Å². The minimum absolute atomic E-state index is 0.0306. The Morgan fingerprint density at radius 3 is 2.82 bits per heavy atom. The quantitative estimate of drug-likeness (QED) is 0.522. The molecule has 0 spiro atoms. The lowest BCUT2D eigenvalue weighted by Gasteiger charge is -2.23. The SMILES string of the molecule is CC(C)c1cccc2sc(N(CC3CCCO3)C(=O)c3ccccc3Cl)nc12. The molecular weight excluding hydrogens is 392 g/mol. The molecule has 1 fully saturated rings. The Hall–Kier alpha value is -1.95. The van der Waals surface area contributed by atoms with Crippen molar-refractivity contribution in [2.24, 2.45) is 0 Å². The van der Waals surface area contributed by atoms with Gasteiger partial charge < -0.3 is 4.74 Å². The maximum atomic E-state index is 13.4. The van der Waals surface area contributed by atoms with Crippen LogP contribution in [0.25, 0.3) is 10.2 Å². The zero-order valence-corrected chi connectivity index (χ0v) is 17.6. The summed E-state index contributed by atoms with van der Waals surface area (Å²) in [7, 11) is 0. The van der Waals surface area contributed by atoms with E-state index in [9.17, 15) is 4.79 Å². The molecule has 0 N–H and O–H groups in total. The maximum absolute atomic E-state index is 13.4. The summed E-state index contributed by atoms with van der Waals surface area (Å²) in [6, 6.07) is 13.4. The molecule has 1 atom stereocenters. The van der Waals surface area contributed by atoms with Crippen LogP contribution in [0.4, 0.5) is 5.13 Å². The number of thiazole rings is 1. The van der Waals surface area contributed by atoms with E-state index in [2.05, 4.69) is 32.0 Å². The van der Waals surface area contributed by atoms with E-state index in [1.165, 1.54) is 5.56 Å². The van der Waals surface area contributed by atoms with Crippen LogP contribution < -0.4 is 4.90 Å². The summed E-state index contributed by atoms with van der Waals surface area (Å²) >= 11 is 7.86. The maximum Gasteiger partial charge on any atom is 0.261 e. The minimum atomic E-state index is -0.133. The van der Waals surface area contributed by atoms with Gasteiger partial charge in [0.15, 0.2) is 5.13 Å². The van der Waals surface area contributed by atoms with Gasteiger partial charge in [-0.3, -0.25) is 9.69 Å². The van der Waals surface area contributed by atoms with Crippen LogP contribution in [-0.4, -0.2) is 30.1 Å². The second kappa shape index (κ2) is 8.19. The zero-order chi connectivity index (χ0) is 19.7. The van der Waals surface area contributed by atoms with Gasteiger partial charge in [-0.25, -0.2) is 4.98 Å². The summed E-state index contributed by atoms with van der Waals surface area (Å²) in [4.78, 5) is 20.0. The van der Waals surface area contributed by atoms with Crippen LogP contribution >= 0.6 is 22.9 Å². The number of fused-ring (bicyclic) bond motifs is 1. The fraction of sp³-hybridized carbons (Fsp3) is 0.364. The van der Waals surface area contributed by atoms with E-state index >= 15 is 0 Å². The van der Waals surface area contributed by atoms with E-state index in [-0.39, 0.29) is 12.0 Å². The molecule has 0 radical (unpaired) electrons. The molecular formula is C22H23ClN2O2S. The number of nitrogens with zero attached hydrogens (tertiary/aromatic N) is 2. The van der Waals surface area contributed by atoms with Crippen LogP contribution in [0, 0.1) is 0 Å². The molecule has 2 aromatic carbocycles. The summed E-state index contributed by atoms with van der Waals surface area (Å²) < 4.78 is 6.90. The Morgan fingerprint density at radius 2 is 2.11 bits per heavy atom. The lowest BCUT2D eigenvalue weighted by molar-refractivity contribution is 0.0917. The number of benzene rings is 2. The van der Waals surface area contributed by atoms with Crippen molar-refractivity contribution < 1.29 is 9.53 Å². The first-order chi connectivity index (χ1) is 13.5. The largest absolute Gasteiger partial charge is 0.376 e. The van der Waals surface area contributed by atoms with Gasteiger partial charge in [0.1, 0.15) is 0 Å². The van der Waals surface area contributed by atoms with Gasteiger partial charge in [0.2, 0.25) is 0 Å². The average Bonchev–Trinajstić information content (AvgIpc) is 3.34. The molecule has 1 aliphatic heterocycles. The normalized spacial score (nSPS) is 16.8. The fourth-order valence-electron chi connectivity index (χ4n) is 3.56. The summed E-state index contributed by atoms with van der Waals surface area (Å²) in [5, 5.41) is 1.15. The Balaban J connectivity index is 1.77.